The molecule has 1 N–H and O–H groups in total. The minimum atomic E-state index is 0.318. The highest BCUT2D eigenvalue weighted by Crippen LogP contribution is 2.22. The maximum atomic E-state index is 5.80. The minimum absolute atomic E-state index is 0.318. The van der Waals surface area contributed by atoms with Crippen LogP contribution in [0.3, 0.4) is 0 Å². The number of aromatic nitrogens is 1. The second-order valence-corrected chi connectivity index (χ2v) is 5.25. The van der Waals surface area contributed by atoms with Crippen LogP contribution < -0.4 is 10.1 Å². The Hall–Kier alpha value is -1.87. The number of nitrogens with zero attached hydrogens (tertiary/aromatic N) is 1. The van der Waals surface area contributed by atoms with Gasteiger partial charge in [-0.05, 0) is 50.6 Å². The molecule has 112 valence electrons. The van der Waals surface area contributed by atoms with Crippen LogP contribution in [0, 0.1) is 6.92 Å². The molecule has 0 aliphatic carbocycles. The third-order valence-electron chi connectivity index (χ3n) is 3.42. The van der Waals surface area contributed by atoms with Gasteiger partial charge < -0.3 is 10.1 Å². The van der Waals surface area contributed by atoms with Crippen molar-refractivity contribution < 1.29 is 4.74 Å². The lowest BCUT2D eigenvalue weighted by atomic mass is 10.1. The van der Waals surface area contributed by atoms with E-state index in [4.69, 9.17) is 4.74 Å². The fourth-order valence-corrected chi connectivity index (χ4v) is 2.18. The first-order valence-corrected chi connectivity index (χ1v) is 7.66. The first kappa shape index (κ1) is 15.5. The number of hydrogen-bond acceptors (Lipinski definition) is 3. The van der Waals surface area contributed by atoms with Crippen LogP contribution in [0.25, 0.3) is 0 Å². The molecule has 2 rings (SSSR count). The first-order valence-electron chi connectivity index (χ1n) is 7.66. The summed E-state index contributed by atoms with van der Waals surface area (Å²) in [5, 5.41) is 3.51. The normalized spacial score (nSPS) is 12.1. The topological polar surface area (TPSA) is 34.1 Å². The molecule has 0 saturated carbocycles. The van der Waals surface area contributed by atoms with Gasteiger partial charge in [0.2, 0.25) is 0 Å². The molecule has 0 bridgehead atoms. The Labute approximate surface area is 127 Å². The lowest BCUT2D eigenvalue weighted by molar-refractivity contribution is 0.474. The molecule has 3 heteroatoms. The highest BCUT2D eigenvalue weighted by atomic mass is 16.5. The van der Waals surface area contributed by atoms with Gasteiger partial charge in [0.25, 0.3) is 0 Å². The van der Waals surface area contributed by atoms with Crippen molar-refractivity contribution in [3.8, 4) is 11.5 Å². The van der Waals surface area contributed by atoms with Gasteiger partial charge in [0.15, 0.2) is 0 Å². The summed E-state index contributed by atoms with van der Waals surface area (Å²) in [6.45, 7) is 7.42. The molecule has 0 fully saturated rings. The Balaban J connectivity index is 2.02. The molecule has 1 aromatic heterocycles. The molecule has 0 radical (unpaired) electrons. The van der Waals surface area contributed by atoms with Crippen LogP contribution >= 0.6 is 0 Å². The molecule has 1 heterocycles. The van der Waals surface area contributed by atoms with Crippen molar-refractivity contribution in [2.24, 2.45) is 0 Å². The van der Waals surface area contributed by atoms with Crippen molar-refractivity contribution in [2.75, 3.05) is 6.54 Å². The molecule has 0 amide bonds. The summed E-state index contributed by atoms with van der Waals surface area (Å²) in [7, 11) is 0. The Morgan fingerprint density at radius 2 is 1.76 bits per heavy atom. The number of hydrogen-bond donors (Lipinski definition) is 1. The van der Waals surface area contributed by atoms with Gasteiger partial charge in [-0.15, -0.1) is 0 Å². The highest BCUT2D eigenvalue weighted by Gasteiger charge is 2.09. The van der Waals surface area contributed by atoms with E-state index in [2.05, 4.69) is 31.1 Å². The Bertz CT molecular complexity index is 534. The van der Waals surface area contributed by atoms with Gasteiger partial charge in [-0.2, -0.15) is 0 Å². The average molecular weight is 284 g/mol. The molecule has 0 spiro atoms. The zero-order valence-electron chi connectivity index (χ0n) is 13.1. The molecule has 1 unspecified atom stereocenters. The number of rotatable bonds is 7. The maximum absolute atomic E-state index is 5.80. The van der Waals surface area contributed by atoms with Crippen LogP contribution in [0.15, 0.2) is 42.6 Å². The molecule has 21 heavy (non-hydrogen) atoms. The fourth-order valence-electron chi connectivity index (χ4n) is 2.18. The summed E-state index contributed by atoms with van der Waals surface area (Å²) >= 11 is 0. The summed E-state index contributed by atoms with van der Waals surface area (Å²) < 4.78 is 5.80. The smallest absolute Gasteiger partial charge is 0.145 e. The first-order chi connectivity index (χ1) is 10.2. The number of pyridine rings is 1. The predicted octanol–water partition coefficient (Wildman–Crippen LogP) is 4.63. The number of aryl methyl sites for hydroxylation is 1. The summed E-state index contributed by atoms with van der Waals surface area (Å²) in [6.07, 6.45) is 3.96. The van der Waals surface area contributed by atoms with Gasteiger partial charge in [-0.3, -0.25) is 4.98 Å². The predicted molar refractivity (Wildman–Crippen MR) is 86.8 cm³/mol. The third kappa shape index (κ3) is 4.57. The van der Waals surface area contributed by atoms with Gasteiger partial charge >= 0.3 is 0 Å². The molecule has 3 nitrogen and oxygen atoms in total. The highest BCUT2D eigenvalue weighted by molar-refractivity contribution is 5.32. The molecule has 0 saturated heterocycles. The van der Waals surface area contributed by atoms with Gasteiger partial charge in [-0.25, -0.2) is 0 Å². The van der Waals surface area contributed by atoms with Crippen LogP contribution in [0.1, 0.15) is 44.0 Å². The van der Waals surface area contributed by atoms with Crippen LogP contribution in [0.5, 0.6) is 11.5 Å². The summed E-state index contributed by atoms with van der Waals surface area (Å²) in [5.74, 6) is 1.61. The van der Waals surface area contributed by atoms with Gasteiger partial charge in [0.1, 0.15) is 11.5 Å². The maximum Gasteiger partial charge on any atom is 0.145 e. The van der Waals surface area contributed by atoms with Crippen molar-refractivity contribution >= 4 is 0 Å². The summed E-state index contributed by atoms with van der Waals surface area (Å²) in [6, 6.07) is 12.4. The van der Waals surface area contributed by atoms with Crippen molar-refractivity contribution in [2.45, 2.75) is 39.7 Å². The second-order valence-electron chi connectivity index (χ2n) is 5.25. The Morgan fingerprint density at radius 3 is 2.33 bits per heavy atom. The Morgan fingerprint density at radius 1 is 1.05 bits per heavy atom. The SMILES string of the molecule is CCCNC(CC)c1ccc(Oc2ccc(C)cc2)cn1. The molecular weight excluding hydrogens is 260 g/mol. The monoisotopic (exact) mass is 284 g/mol. The zero-order valence-corrected chi connectivity index (χ0v) is 13.1. The average Bonchev–Trinajstić information content (AvgIpc) is 2.52. The van der Waals surface area contributed by atoms with Crippen molar-refractivity contribution in [1.82, 2.24) is 10.3 Å². The van der Waals surface area contributed by atoms with E-state index >= 15 is 0 Å². The van der Waals surface area contributed by atoms with Crippen LogP contribution in [0.4, 0.5) is 0 Å². The lowest BCUT2D eigenvalue weighted by Crippen LogP contribution is -2.22. The molecular formula is C18H24N2O. The van der Waals surface area contributed by atoms with Crippen molar-refractivity contribution in [3.63, 3.8) is 0 Å². The number of ether oxygens (including phenoxy) is 1. The van der Waals surface area contributed by atoms with E-state index in [1.54, 1.807) is 6.20 Å². The quantitative estimate of drug-likeness (QED) is 0.804. The van der Waals surface area contributed by atoms with E-state index in [1.807, 2.05) is 36.4 Å². The van der Waals surface area contributed by atoms with E-state index in [1.165, 1.54) is 5.56 Å². The summed E-state index contributed by atoms with van der Waals surface area (Å²) in [5.41, 5.74) is 2.30. The largest absolute Gasteiger partial charge is 0.456 e. The van der Waals surface area contributed by atoms with Gasteiger partial charge in [0.05, 0.1) is 11.9 Å². The van der Waals surface area contributed by atoms with Crippen LogP contribution in [-0.2, 0) is 0 Å². The van der Waals surface area contributed by atoms with Crippen LogP contribution in [-0.4, -0.2) is 11.5 Å². The van der Waals surface area contributed by atoms with E-state index in [9.17, 15) is 0 Å². The summed E-state index contributed by atoms with van der Waals surface area (Å²) in [4.78, 5) is 4.53. The number of benzene rings is 1. The Kier molecular flexibility index (Phi) is 5.76. The van der Waals surface area contributed by atoms with E-state index in [0.29, 0.717) is 6.04 Å². The molecule has 0 aliphatic rings. The van der Waals surface area contributed by atoms with Gasteiger partial charge in [0, 0.05) is 6.04 Å². The third-order valence-corrected chi connectivity index (χ3v) is 3.42. The molecule has 0 aliphatic heterocycles. The van der Waals surface area contributed by atoms with Crippen LogP contribution in [0.2, 0.25) is 0 Å². The fraction of sp³-hybridized carbons (Fsp3) is 0.389. The number of nitrogens with one attached hydrogen (secondary N) is 1. The van der Waals surface area contributed by atoms with E-state index in [0.717, 1.165) is 36.6 Å². The zero-order chi connectivity index (χ0) is 15.1. The minimum Gasteiger partial charge on any atom is -0.456 e. The van der Waals surface area contributed by atoms with E-state index < -0.39 is 0 Å². The molecule has 1 atom stereocenters. The standard InChI is InChI=1S/C18H24N2O/c1-4-12-19-17(5-2)18-11-10-16(13-20-18)21-15-8-6-14(3)7-9-15/h6-11,13,17,19H,4-5,12H2,1-3H3. The second kappa shape index (κ2) is 7.79. The van der Waals surface area contributed by atoms with Gasteiger partial charge in [-0.1, -0.05) is 31.5 Å². The van der Waals surface area contributed by atoms with Crippen molar-refractivity contribution in [1.29, 1.82) is 0 Å². The van der Waals surface area contributed by atoms with Crippen molar-refractivity contribution in [3.05, 3.63) is 53.9 Å². The molecule has 1 aromatic carbocycles. The lowest BCUT2D eigenvalue weighted by Gasteiger charge is -2.16. The molecule has 2 aromatic rings. The van der Waals surface area contributed by atoms with E-state index in [-0.39, 0.29) is 0 Å².